The Morgan fingerprint density at radius 1 is 0.920 bits per heavy atom. The lowest BCUT2D eigenvalue weighted by molar-refractivity contribution is -0.609. The molecule has 5 aliphatic heterocycles. The van der Waals surface area contributed by atoms with Gasteiger partial charge in [0.05, 0.1) is 30.9 Å². The molecule has 5 heterocycles. The van der Waals surface area contributed by atoms with Crippen LogP contribution in [0.5, 0.6) is 0 Å². The number of allylic oxidation sites excluding steroid dienone is 1. The van der Waals surface area contributed by atoms with Gasteiger partial charge in [-0.05, 0) is 58.3 Å². The van der Waals surface area contributed by atoms with Crippen LogP contribution in [-0.2, 0) is 28.5 Å². The Hall–Kier alpha value is -2.39. The van der Waals surface area contributed by atoms with Gasteiger partial charge in [0.15, 0.2) is 11.6 Å². The van der Waals surface area contributed by atoms with Gasteiger partial charge in [0.25, 0.3) is 0 Å². The molecule has 282 valence electrons. The molecule has 0 bridgehead atoms. The maximum atomic E-state index is 14.0. The summed E-state index contributed by atoms with van der Waals surface area (Å²) < 4.78 is 27.1. The van der Waals surface area contributed by atoms with Crippen molar-refractivity contribution in [2.24, 2.45) is 5.92 Å². The highest BCUT2D eigenvalue weighted by Crippen LogP contribution is 2.45. The number of hydrogen-bond donors (Lipinski definition) is 2. The fraction of sp³-hybridized carbons (Fsp3) is 0.829. The van der Waals surface area contributed by atoms with Crippen LogP contribution >= 0.6 is 0 Å². The molecule has 9 nitrogen and oxygen atoms in total. The van der Waals surface area contributed by atoms with Gasteiger partial charge >= 0.3 is 17.9 Å². The summed E-state index contributed by atoms with van der Waals surface area (Å²) in [7, 11) is 0. The van der Waals surface area contributed by atoms with Crippen LogP contribution in [0.1, 0.15) is 162 Å². The minimum absolute atomic E-state index is 0.0722. The topological polar surface area (TPSA) is 98.1 Å². The van der Waals surface area contributed by atoms with E-state index in [1.54, 1.807) is 6.08 Å². The van der Waals surface area contributed by atoms with Crippen molar-refractivity contribution in [1.82, 2.24) is 10.6 Å². The molecule has 0 unspecified atom stereocenters. The Morgan fingerprint density at radius 2 is 1.62 bits per heavy atom. The fourth-order valence-electron chi connectivity index (χ4n) is 9.20. The van der Waals surface area contributed by atoms with E-state index in [1.807, 2.05) is 0 Å². The smallest absolute Gasteiger partial charge is 0.350 e. The molecule has 0 aromatic carbocycles. The lowest BCUT2D eigenvalue weighted by Crippen LogP contribution is -2.76. The number of carbonyl (C=O) groups is 2. The van der Waals surface area contributed by atoms with Crippen LogP contribution in [0.4, 0.5) is 0 Å². The van der Waals surface area contributed by atoms with Crippen LogP contribution in [0.15, 0.2) is 24.8 Å². The first-order chi connectivity index (χ1) is 24.4. The van der Waals surface area contributed by atoms with E-state index in [0.29, 0.717) is 25.7 Å². The third-order valence-corrected chi connectivity index (χ3v) is 11.7. The van der Waals surface area contributed by atoms with Crippen molar-refractivity contribution in [2.45, 2.75) is 197 Å². The van der Waals surface area contributed by atoms with Crippen molar-refractivity contribution in [2.75, 3.05) is 13.2 Å². The zero-order valence-corrected chi connectivity index (χ0v) is 31.4. The van der Waals surface area contributed by atoms with Crippen molar-refractivity contribution in [3.05, 3.63) is 24.8 Å². The molecule has 5 aliphatic rings. The highest BCUT2D eigenvalue weighted by Gasteiger charge is 2.64. The largest absolute Gasteiger partial charge is 0.465 e. The van der Waals surface area contributed by atoms with Crippen LogP contribution in [0.3, 0.4) is 0 Å². The van der Waals surface area contributed by atoms with E-state index < -0.39 is 11.4 Å². The average molecular weight is 699 g/mol. The molecule has 2 spiro atoms. The predicted molar refractivity (Wildman–Crippen MR) is 197 cm³/mol. The first kappa shape index (κ1) is 38.8. The Balaban J connectivity index is 1.00. The molecule has 0 saturated carbocycles. The summed E-state index contributed by atoms with van der Waals surface area (Å²) in [5, 5.41) is 7.66. The number of nitrogens with zero attached hydrogens (tertiary/aromatic N) is 1. The predicted octanol–water partition coefficient (Wildman–Crippen LogP) is 7.96. The Morgan fingerprint density at radius 3 is 2.30 bits per heavy atom. The molecule has 0 amide bonds. The second-order valence-electron chi connectivity index (χ2n) is 15.7. The molecule has 2 N–H and O–H groups in total. The van der Waals surface area contributed by atoms with E-state index in [1.165, 1.54) is 57.8 Å². The summed E-state index contributed by atoms with van der Waals surface area (Å²) in [6.07, 6.45) is 31.0. The van der Waals surface area contributed by atoms with Crippen LogP contribution in [0.2, 0.25) is 0 Å². The van der Waals surface area contributed by atoms with Gasteiger partial charge in [-0.2, -0.15) is 0 Å². The quantitative estimate of drug-likeness (QED) is 0.0572. The van der Waals surface area contributed by atoms with E-state index in [-0.39, 0.29) is 36.1 Å². The number of unbranched alkanes of at least 4 members (excludes halogenated alkanes) is 12. The second kappa shape index (κ2) is 19.4. The van der Waals surface area contributed by atoms with Crippen molar-refractivity contribution < 1.29 is 33.1 Å². The van der Waals surface area contributed by atoms with Gasteiger partial charge in [-0.3, -0.25) is 14.2 Å². The number of ether oxygens (including phenoxy) is 4. The molecule has 0 aliphatic carbocycles. The Labute approximate surface area is 302 Å². The molecule has 9 heteroatoms. The average Bonchev–Trinajstić information content (AvgIpc) is 3.40. The summed E-state index contributed by atoms with van der Waals surface area (Å²) in [5.41, 5.74) is -1.15. The molecular weight excluding hydrogens is 630 g/mol. The number of nitrogens with one attached hydrogen (secondary N) is 2. The van der Waals surface area contributed by atoms with Crippen LogP contribution in [-0.4, -0.2) is 71.4 Å². The van der Waals surface area contributed by atoms with Gasteiger partial charge in [0.1, 0.15) is 6.61 Å². The number of carbonyl (C=O) groups excluding carboxylic acids is 2. The standard InChI is InChI=1S/C41H67N3O6/c1-4-29-47-36(45)24-17-15-13-11-9-7-6-8-10-12-14-16-20-30-48-38(46)37-35-26-25-33-31-40(27-19-18-23-34(5-2)50-40)42-39(44(33)35)43-41(37)28-21-22-32(3)49-41/h4,18,23,32-35,37H,1,5-17,19-22,24-31H2,2-3H3,(H,42,43)/p+1/t32-,33+,34+,35-,37-,40+,41-/m1/s1. The van der Waals surface area contributed by atoms with Crippen LogP contribution in [0.25, 0.3) is 0 Å². The highest BCUT2D eigenvalue weighted by atomic mass is 16.6. The van der Waals surface area contributed by atoms with Gasteiger partial charge in [0, 0.05) is 25.7 Å². The van der Waals surface area contributed by atoms with Gasteiger partial charge in [0.2, 0.25) is 5.72 Å². The fourth-order valence-corrected chi connectivity index (χ4v) is 9.20. The minimum atomic E-state index is -0.750. The monoisotopic (exact) mass is 699 g/mol. The molecule has 0 radical (unpaired) electrons. The maximum absolute atomic E-state index is 14.0. The lowest BCUT2D eigenvalue weighted by atomic mass is 9.80. The van der Waals surface area contributed by atoms with Gasteiger partial charge in [-0.15, -0.1) is 0 Å². The molecule has 2 saturated heterocycles. The highest BCUT2D eigenvalue weighted by molar-refractivity contribution is 5.82. The van der Waals surface area contributed by atoms with Crippen LogP contribution in [0, 0.1) is 5.92 Å². The first-order valence-corrected chi connectivity index (χ1v) is 20.6. The van der Waals surface area contributed by atoms with E-state index in [0.717, 1.165) is 89.4 Å². The summed E-state index contributed by atoms with van der Waals surface area (Å²) in [4.78, 5) is 25.5. The molecule has 0 aromatic rings. The zero-order valence-electron chi connectivity index (χ0n) is 31.4. The summed E-state index contributed by atoms with van der Waals surface area (Å²) >= 11 is 0. The molecule has 2 fully saturated rings. The Bertz CT molecular complexity index is 1170. The molecular formula is C41H68N3O6+. The summed E-state index contributed by atoms with van der Waals surface area (Å²) in [5.74, 6) is 0.445. The molecule has 0 aromatic heterocycles. The summed E-state index contributed by atoms with van der Waals surface area (Å²) in [6, 6.07) is 0.410. The number of guanidine groups is 1. The normalized spacial score (nSPS) is 31.5. The molecule has 50 heavy (non-hydrogen) atoms. The zero-order chi connectivity index (χ0) is 35.2. The minimum Gasteiger partial charge on any atom is -0.465 e. The summed E-state index contributed by atoms with van der Waals surface area (Å²) in [6.45, 7) is 8.70. The van der Waals surface area contributed by atoms with Crippen molar-refractivity contribution in [3.8, 4) is 0 Å². The van der Waals surface area contributed by atoms with Gasteiger partial charge in [-0.25, -0.2) is 10.6 Å². The van der Waals surface area contributed by atoms with E-state index in [4.69, 9.17) is 18.9 Å². The Kier molecular flexibility index (Phi) is 15.1. The van der Waals surface area contributed by atoms with E-state index >= 15 is 0 Å². The van der Waals surface area contributed by atoms with Gasteiger partial charge in [-0.1, -0.05) is 102 Å². The maximum Gasteiger partial charge on any atom is 0.350 e. The van der Waals surface area contributed by atoms with Crippen molar-refractivity contribution in [1.29, 1.82) is 0 Å². The van der Waals surface area contributed by atoms with Crippen LogP contribution < -0.4 is 10.6 Å². The third-order valence-electron chi connectivity index (χ3n) is 11.7. The molecule has 5 rings (SSSR count). The molecule has 7 atom stereocenters. The number of rotatable bonds is 20. The second-order valence-corrected chi connectivity index (χ2v) is 15.7. The van der Waals surface area contributed by atoms with Gasteiger partial charge < -0.3 is 18.9 Å². The van der Waals surface area contributed by atoms with E-state index in [2.05, 4.69) is 47.8 Å². The number of hydrogen-bond acceptors (Lipinski definition) is 8. The van der Waals surface area contributed by atoms with E-state index in [9.17, 15) is 9.59 Å². The third kappa shape index (κ3) is 10.4. The SMILES string of the molecule is C=CCOC(=O)CCCCCCCCCCCCCCCOC(=O)[C@H]1[C@H]2CC[C@H]3C[C@@]4(CCC=C[C@H](CC)O4)NC(=[N+]32)N[C@@]12CCC[C@@H](C)O2. The lowest BCUT2D eigenvalue weighted by Gasteiger charge is -2.50. The van der Waals surface area contributed by atoms with Crippen molar-refractivity contribution in [3.63, 3.8) is 0 Å². The van der Waals surface area contributed by atoms with Crippen molar-refractivity contribution >= 4 is 17.9 Å². The first-order valence-electron chi connectivity index (χ1n) is 20.6. The number of esters is 2.